The molecule has 0 amide bonds. The van der Waals surface area contributed by atoms with Crippen LogP contribution >= 0.6 is 0 Å². The van der Waals surface area contributed by atoms with Gasteiger partial charge in [0.15, 0.2) is 0 Å². The first-order valence-corrected chi connectivity index (χ1v) is 5.83. The SMILES string of the molecule is C=C(CCCCCC)CCC(C)C. The zero-order valence-electron chi connectivity index (χ0n) is 9.73. The van der Waals surface area contributed by atoms with Gasteiger partial charge in [-0.3, -0.25) is 0 Å². The van der Waals surface area contributed by atoms with Gasteiger partial charge in [0, 0.05) is 0 Å². The molecule has 0 aliphatic rings. The van der Waals surface area contributed by atoms with Crippen LogP contribution in [0.5, 0.6) is 0 Å². The molecule has 0 aliphatic carbocycles. The minimum Gasteiger partial charge on any atom is -0.0999 e. The Hall–Kier alpha value is -0.260. The van der Waals surface area contributed by atoms with Crippen LogP contribution in [0.4, 0.5) is 0 Å². The largest absolute Gasteiger partial charge is 0.0999 e. The lowest BCUT2D eigenvalue weighted by atomic mass is 9.99. The van der Waals surface area contributed by atoms with Gasteiger partial charge in [0.2, 0.25) is 0 Å². The van der Waals surface area contributed by atoms with Gasteiger partial charge in [-0.1, -0.05) is 52.2 Å². The molecule has 0 spiro atoms. The normalized spacial score (nSPS) is 10.8. The van der Waals surface area contributed by atoms with E-state index in [0.29, 0.717) is 0 Å². The summed E-state index contributed by atoms with van der Waals surface area (Å²) in [6, 6.07) is 0. The Balaban J connectivity index is 3.20. The molecule has 0 aliphatic heterocycles. The third kappa shape index (κ3) is 9.66. The fourth-order valence-corrected chi connectivity index (χ4v) is 1.42. The Morgan fingerprint density at radius 2 is 1.77 bits per heavy atom. The van der Waals surface area contributed by atoms with E-state index >= 15 is 0 Å². The molecule has 0 saturated carbocycles. The predicted octanol–water partition coefficient (Wildman–Crippen LogP) is 4.95. The zero-order valence-corrected chi connectivity index (χ0v) is 9.73. The molecule has 0 radical (unpaired) electrons. The van der Waals surface area contributed by atoms with Gasteiger partial charge in [0.1, 0.15) is 0 Å². The molecule has 0 unspecified atom stereocenters. The first-order chi connectivity index (χ1) is 6.16. The van der Waals surface area contributed by atoms with Crippen LogP contribution in [0.25, 0.3) is 0 Å². The number of rotatable bonds is 8. The van der Waals surface area contributed by atoms with Crippen molar-refractivity contribution in [3.63, 3.8) is 0 Å². The average molecular weight is 182 g/mol. The Morgan fingerprint density at radius 1 is 1.08 bits per heavy atom. The molecule has 0 heterocycles. The fourth-order valence-electron chi connectivity index (χ4n) is 1.42. The summed E-state index contributed by atoms with van der Waals surface area (Å²) in [6.45, 7) is 10.9. The van der Waals surface area contributed by atoms with Crippen molar-refractivity contribution in [2.75, 3.05) is 0 Å². The highest BCUT2D eigenvalue weighted by molar-refractivity contribution is 4.93. The Morgan fingerprint density at radius 3 is 2.31 bits per heavy atom. The van der Waals surface area contributed by atoms with Crippen LogP contribution in [0, 0.1) is 5.92 Å². The summed E-state index contributed by atoms with van der Waals surface area (Å²) in [7, 11) is 0. The zero-order chi connectivity index (χ0) is 10.1. The lowest BCUT2D eigenvalue weighted by Crippen LogP contribution is -1.90. The van der Waals surface area contributed by atoms with Crippen molar-refractivity contribution >= 4 is 0 Å². The van der Waals surface area contributed by atoms with Crippen molar-refractivity contribution in [3.8, 4) is 0 Å². The summed E-state index contributed by atoms with van der Waals surface area (Å²) in [5, 5.41) is 0. The Bertz CT molecular complexity index is 122. The van der Waals surface area contributed by atoms with Gasteiger partial charge in [-0.25, -0.2) is 0 Å². The third-order valence-corrected chi connectivity index (χ3v) is 2.46. The van der Waals surface area contributed by atoms with Crippen molar-refractivity contribution in [1.29, 1.82) is 0 Å². The lowest BCUT2D eigenvalue weighted by molar-refractivity contribution is 0.569. The van der Waals surface area contributed by atoms with Crippen molar-refractivity contribution in [1.82, 2.24) is 0 Å². The van der Waals surface area contributed by atoms with E-state index in [1.807, 2.05) is 0 Å². The topological polar surface area (TPSA) is 0 Å². The highest BCUT2D eigenvalue weighted by atomic mass is 14.0. The molecule has 13 heavy (non-hydrogen) atoms. The maximum absolute atomic E-state index is 4.12. The molecule has 0 rings (SSSR count). The maximum Gasteiger partial charge on any atom is -0.0321 e. The molecule has 0 N–H and O–H groups in total. The highest BCUT2D eigenvalue weighted by Crippen LogP contribution is 2.16. The van der Waals surface area contributed by atoms with E-state index in [-0.39, 0.29) is 0 Å². The minimum absolute atomic E-state index is 0.826. The number of allylic oxidation sites excluding steroid dienone is 1. The molecule has 0 saturated heterocycles. The van der Waals surface area contributed by atoms with E-state index in [1.54, 1.807) is 0 Å². The maximum atomic E-state index is 4.12. The molecule has 0 bridgehead atoms. The van der Waals surface area contributed by atoms with Crippen LogP contribution in [0.1, 0.15) is 65.7 Å². The molecule has 0 aromatic heterocycles. The summed E-state index contributed by atoms with van der Waals surface area (Å²) < 4.78 is 0. The van der Waals surface area contributed by atoms with Crippen LogP contribution in [0.15, 0.2) is 12.2 Å². The standard InChI is InChI=1S/C13H26/c1-5-6-7-8-9-13(4)11-10-12(2)3/h12H,4-11H2,1-3H3. The fraction of sp³-hybridized carbons (Fsp3) is 0.846. The first kappa shape index (κ1) is 12.7. The highest BCUT2D eigenvalue weighted by Gasteiger charge is 1.97. The average Bonchev–Trinajstić information content (AvgIpc) is 2.09. The predicted molar refractivity (Wildman–Crippen MR) is 62.0 cm³/mol. The Kier molecular flexibility index (Phi) is 8.18. The minimum atomic E-state index is 0.826. The summed E-state index contributed by atoms with van der Waals surface area (Å²) in [4.78, 5) is 0. The molecular formula is C13H26. The molecule has 0 aromatic rings. The van der Waals surface area contributed by atoms with Crippen molar-refractivity contribution in [2.24, 2.45) is 5.92 Å². The summed E-state index contributed by atoms with van der Waals surface area (Å²) >= 11 is 0. The number of hydrogen-bond donors (Lipinski definition) is 0. The molecule has 0 atom stereocenters. The van der Waals surface area contributed by atoms with E-state index in [9.17, 15) is 0 Å². The quantitative estimate of drug-likeness (QED) is 0.368. The van der Waals surface area contributed by atoms with Crippen LogP contribution in [0.2, 0.25) is 0 Å². The van der Waals surface area contributed by atoms with E-state index < -0.39 is 0 Å². The second-order valence-electron chi connectivity index (χ2n) is 4.49. The molecule has 78 valence electrons. The molecule has 0 heteroatoms. The van der Waals surface area contributed by atoms with Crippen LogP contribution < -0.4 is 0 Å². The van der Waals surface area contributed by atoms with Gasteiger partial charge < -0.3 is 0 Å². The molecular weight excluding hydrogens is 156 g/mol. The smallest absolute Gasteiger partial charge is 0.0321 e. The lowest BCUT2D eigenvalue weighted by Gasteiger charge is -2.07. The first-order valence-electron chi connectivity index (χ1n) is 5.83. The van der Waals surface area contributed by atoms with Crippen molar-refractivity contribution in [2.45, 2.75) is 65.7 Å². The van der Waals surface area contributed by atoms with E-state index in [1.165, 1.54) is 50.5 Å². The molecule has 0 aromatic carbocycles. The van der Waals surface area contributed by atoms with Crippen LogP contribution in [-0.4, -0.2) is 0 Å². The summed E-state index contributed by atoms with van der Waals surface area (Å²) in [5.74, 6) is 0.826. The van der Waals surface area contributed by atoms with Gasteiger partial charge >= 0.3 is 0 Å². The third-order valence-electron chi connectivity index (χ3n) is 2.46. The van der Waals surface area contributed by atoms with Crippen LogP contribution in [-0.2, 0) is 0 Å². The molecule has 0 nitrogen and oxygen atoms in total. The van der Waals surface area contributed by atoms with Crippen molar-refractivity contribution in [3.05, 3.63) is 12.2 Å². The van der Waals surface area contributed by atoms with Crippen molar-refractivity contribution < 1.29 is 0 Å². The molecule has 0 fully saturated rings. The van der Waals surface area contributed by atoms with E-state index in [2.05, 4.69) is 27.4 Å². The number of hydrogen-bond acceptors (Lipinski definition) is 0. The second kappa shape index (κ2) is 8.34. The van der Waals surface area contributed by atoms with Crippen LogP contribution in [0.3, 0.4) is 0 Å². The van der Waals surface area contributed by atoms with Gasteiger partial charge in [0.05, 0.1) is 0 Å². The summed E-state index contributed by atoms with van der Waals surface area (Å²) in [5.41, 5.74) is 1.46. The number of unbranched alkanes of at least 4 members (excludes halogenated alkanes) is 3. The van der Waals surface area contributed by atoms with Gasteiger partial charge in [-0.15, -0.1) is 0 Å². The van der Waals surface area contributed by atoms with E-state index in [4.69, 9.17) is 0 Å². The Labute approximate surface area is 84.4 Å². The summed E-state index contributed by atoms with van der Waals surface area (Å²) in [6.07, 6.45) is 9.26. The van der Waals surface area contributed by atoms with Gasteiger partial charge in [-0.2, -0.15) is 0 Å². The van der Waals surface area contributed by atoms with E-state index in [0.717, 1.165) is 5.92 Å². The van der Waals surface area contributed by atoms with Gasteiger partial charge in [-0.05, 0) is 31.6 Å². The second-order valence-corrected chi connectivity index (χ2v) is 4.49. The monoisotopic (exact) mass is 182 g/mol. The van der Waals surface area contributed by atoms with Gasteiger partial charge in [0.25, 0.3) is 0 Å².